The summed E-state index contributed by atoms with van der Waals surface area (Å²) < 4.78 is 35.7. The van der Waals surface area contributed by atoms with Crippen molar-refractivity contribution in [1.29, 1.82) is 0 Å². The van der Waals surface area contributed by atoms with Crippen LogP contribution in [0.3, 0.4) is 0 Å². The van der Waals surface area contributed by atoms with Gasteiger partial charge in [-0.1, -0.05) is 95.7 Å². The van der Waals surface area contributed by atoms with Crippen molar-refractivity contribution >= 4 is 43.5 Å². The number of nitrogens with zero attached hydrogens (tertiary/aromatic N) is 2. The van der Waals surface area contributed by atoms with Crippen LogP contribution in [0, 0.1) is 0 Å². The van der Waals surface area contributed by atoms with Crippen LogP contribution < -0.4 is 14.4 Å². The molecule has 0 bridgehead atoms. The Labute approximate surface area is 267 Å². The van der Waals surface area contributed by atoms with Crippen LogP contribution in [0.5, 0.6) is 5.75 Å². The maximum Gasteiger partial charge on any atom is 0.264 e. The molecule has 10 heteroatoms. The highest BCUT2D eigenvalue weighted by molar-refractivity contribution is 9.10. The highest BCUT2D eigenvalue weighted by Crippen LogP contribution is 2.32. The minimum Gasteiger partial charge on any atom is -0.495 e. The fourth-order valence-corrected chi connectivity index (χ4v) is 6.49. The van der Waals surface area contributed by atoms with Crippen molar-refractivity contribution in [2.24, 2.45) is 0 Å². The number of anilines is 1. The summed E-state index contributed by atoms with van der Waals surface area (Å²) in [6, 6.07) is 30.6. The largest absolute Gasteiger partial charge is 0.495 e. The molecule has 0 radical (unpaired) electrons. The van der Waals surface area contributed by atoms with Gasteiger partial charge in [0, 0.05) is 24.0 Å². The van der Waals surface area contributed by atoms with Gasteiger partial charge in [0.05, 0.1) is 17.7 Å². The summed E-state index contributed by atoms with van der Waals surface area (Å²) in [5, 5.41) is 2.95. The maximum absolute atomic E-state index is 14.5. The summed E-state index contributed by atoms with van der Waals surface area (Å²) in [6.07, 6.45) is 0.972. The Hall–Kier alpha value is -4.15. The van der Waals surface area contributed by atoms with Crippen LogP contribution in [0.2, 0.25) is 0 Å². The van der Waals surface area contributed by atoms with Crippen molar-refractivity contribution in [3.8, 4) is 5.75 Å². The molecule has 0 saturated heterocycles. The highest BCUT2D eigenvalue weighted by atomic mass is 79.9. The van der Waals surface area contributed by atoms with E-state index < -0.39 is 28.5 Å². The third kappa shape index (κ3) is 8.27. The van der Waals surface area contributed by atoms with Crippen molar-refractivity contribution in [3.63, 3.8) is 0 Å². The van der Waals surface area contributed by atoms with Gasteiger partial charge in [0.1, 0.15) is 18.3 Å². The summed E-state index contributed by atoms with van der Waals surface area (Å²) >= 11 is 3.45. The smallest absolute Gasteiger partial charge is 0.264 e. The number of hydrogen-bond donors (Lipinski definition) is 1. The van der Waals surface area contributed by atoms with Gasteiger partial charge in [-0.25, -0.2) is 8.42 Å². The first-order chi connectivity index (χ1) is 21.2. The van der Waals surface area contributed by atoms with Crippen LogP contribution in [0.25, 0.3) is 0 Å². The Kier molecular flexibility index (Phi) is 11.6. The molecule has 0 unspecified atom stereocenters. The molecule has 0 saturated carbocycles. The van der Waals surface area contributed by atoms with Crippen LogP contribution in [0.15, 0.2) is 119 Å². The zero-order valence-corrected chi connectivity index (χ0v) is 27.1. The molecule has 44 heavy (non-hydrogen) atoms. The number of sulfonamides is 1. The van der Waals surface area contributed by atoms with E-state index in [0.29, 0.717) is 12.3 Å². The zero-order valence-electron chi connectivity index (χ0n) is 24.7. The molecule has 1 atom stereocenters. The van der Waals surface area contributed by atoms with Gasteiger partial charge >= 0.3 is 0 Å². The number of ether oxygens (including phenoxy) is 1. The van der Waals surface area contributed by atoms with Crippen molar-refractivity contribution < 1.29 is 22.7 Å². The van der Waals surface area contributed by atoms with Gasteiger partial charge in [0.15, 0.2) is 0 Å². The first-order valence-electron chi connectivity index (χ1n) is 14.3. The number of amides is 2. The van der Waals surface area contributed by atoms with E-state index in [-0.39, 0.29) is 29.5 Å². The van der Waals surface area contributed by atoms with Crippen molar-refractivity contribution in [2.75, 3.05) is 24.5 Å². The van der Waals surface area contributed by atoms with E-state index in [2.05, 4.69) is 21.2 Å². The Morgan fingerprint density at radius 3 is 2.09 bits per heavy atom. The summed E-state index contributed by atoms with van der Waals surface area (Å²) in [4.78, 5) is 29.7. The zero-order chi connectivity index (χ0) is 31.5. The second kappa shape index (κ2) is 15.5. The summed E-state index contributed by atoms with van der Waals surface area (Å²) in [6.45, 7) is 1.94. The minimum atomic E-state index is -4.21. The number of benzene rings is 4. The lowest BCUT2D eigenvalue weighted by atomic mass is 10.0. The fourth-order valence-electron chi connectivity index (χ4n) is 4.78. The fraction of sp³-hybridized carbons (Fsp3) is 0.235. The number of nitrogens with one attached hydrogen (secondary N) is 1. The topological polar surface area (TPSA) is 96.0 Å². The molecule has 1 N–H and O–H groups in total. The van der Waals surface area contributed by atoms with Crippen LogP contribution in [0.1, 0.15) is 24.5 Å². The summed E-state index contributed by atoms with van der Waals surface area (Å²) in [5.74, 6) is -0.553. The van der Waals surface area contributed by atoms with E-state index in [1.165, 1.54) is 24.1 Å². The third-order valence-corrected chi connectivity index (χ3v) is 9.35. The van der Waals surface area contributed by atoms with Gasteiger partial charge in [-0.05, 0) is 53.9 Å². The van der Waals surface area contributed by atoms with Crippen LogP contribution in [-0.2, 0) is 32.6 Å². The summed E-state index contributed by atoms with van der Waals surface area (Å²) in [7, 11) is -2.77. The second-order valence-electron chi connectivity index (χ2n) is 10.1. The van der Waals surface area contributed by atoms with E-state index in [1.807, 2.05) is 61.5 Å². The summed E-state index contributed by atoms with van der Waals surface area (Å²) in [5.41, 5.74) is 1.87. The monoisotopic (exact) mass is 677 g/mol. The van der Waals surface area contributed by atoms with Crippen molar-refractivity contribution in [2.45, 2.75) is 37.2 Å². The molecule has 230 valence electrons. The average Bonchev–Trinajstić information content (AvgIpc) is 3.05. The number of rotatable bonds is 14. The van der Waals surface area contributed by atoms with Gasteiger partial charge < -0.3 is 15.0 Å². The predicted molar refractivity (Wildman–Crippen MR) is 176 cm³/mol. The molecular weight excluding hydrogens is 642 g/mol. The number of hydrogen-bond acceptors (Lipinski definition) is 5. The van der Waals surface area contributed by atoms with E-state index in [4.69, 9.17) is 4.74 Å². The normalized spacial score (nSPS) is 11.8. The van der Waals surface area contributed by atoms with Crippen molar-refractivity contribution in [1.82, 2.24) is 10.2 Å². The molecule has 4 aromatic rings. The Balaban J connectivity index is 1.81. The van der Waals surface area contributed by atoms with Crippen LogP contribution in [0.4, 0.5) is 5.69 Å². The van der Waals surface area contributed by atoms with Gasteiger partial charge in [-0.3, -0.25) is 13.9 Å². The van der Waals surface area contributed by atoms with E-state index in [0.717, 1.165) is 26.3 Å². The molecule has 0 aliphatic carbocycles. The molecule has 0 aliphatic rings. The number of halogens is 1. The number of para-hydroxylation sites is 2. The molecule has 0 aliphatic heterocycles. The van der Waals surface area contributed by atoms with Gasteiger partial charge in [0.2, 0.25) is 11.8 Å². The third-order valence-electron chi connectivity index (χ3n) is 7.05. The highest BCUT2D eigenvalue weighted by Gasteiger charge is 2.35. The molecule has 2 amide bonds. The first kappa shape index (κ1) is 32.8. The Bertz CT molecular complexity index is 1630. The Morgan fingerprint density at radius 2 is 1.45 bits per heavy atom. The lowest BCUT2D eigenvalue weighted by molar-refractivity contribution is -0.140. The van der Waals surface area contributed by atoms with E-state index in [9.17, 15) is 18.0 Å². The first-order valence-corrected chi connectivity index (χ1v) is 16.5. The quantitative estimate of drug-likeness (QED) is 0.182. The SMILES string of the molecule is CCCNC(=O)[C@H](Cc1ccccc1)N(Cc1ccc(Br)cc1)C(=O)CN(c1ccccc1OC)S(=O)(=O)c1ccccc1. The molecular formula is C34H36BrN3O5S. The van der Waals surface area contributed by atoms with Gasteiger partial charge in [-0.2, -0.15) is 0 Å². The molecule has 8 nitrogen and oxygen atoms in total. The van der Waals surface area contributed by atoms with Crippen LogP contribution >= 0.6 is 15.9 Å². The predicted octanol–water partition coefficient (Wildman–Crippen LogP) is 5.82. The standard InChI is InChI=1S/C34H36BrN3O5S/c1-3-22-36-34(40)31(23-26-12-6-4-7-13-26)37(24-27-18-20-28(35)21-19-27)33(39)25-38(30-16-10-11-17-32(30)43-2)44(41,42)29-14-8-5-9-15-29/h4-21,31H,3,22-25H2,1-2H3,(H,36,40)/t31-/m0/s1. The Morgan fingerprint density at radius 1 is 0.841 bits per heavy atom. The molecule has 0 spiro atoms. The van der Waals surface area contributed by atoms with E-state index in [1.54, 1.807) is 42.5 Å². The number of methoxy groups -OCH3 is 1. The number of carbonyl (C=O) groups is 2. The maximum atomic E-state index is 14.5. The van der Waals surface area contributed by atoms with Crippen LogP contribution in [-0.4, -0.2) is 51.4 Å². The van der Waals surface area contributed by atoms with Gasteiger partial charge in [0.25, 0.3) is 10.0 Å². The molecule has 0 fully saturated rings. The minimum absolute atomic E-state index is 0.0275. The second-order valence-corrected chi connectivity index (χ2v) is 12.9. The average molecular weight is 679 g/mol. The molecule has 4 aromatic carbocycles. The molecule has 0 heterocycles. The van der Waals surface area contributed by atoms with E-state index >= 15 is 0 Å². The van der Waals surface area contributed by atoms with Crippen molar-refractivity contribution in [3.05, 3.63) is 125 Å². The molecule has 0 aromatic heterocycles. The lowest BCUT2D eigenvalue weighted by Crippen LogP contribution is -2.53. The molecule has 4 rings (SSSR count). The van der Waals surface area contributed by atoms with Gasteiger partial charge in [-0.15, -0.1) is 0 Å². The lowest BCUT2D eigenvalue weighted by Gasteiger charge is -2.34. The number of carbonyl (C=O) groups excluding carboxylic acids is 2.